The van der Waals surface area contributed by atoms with Crippen LogP contribution in [0.5, 0.6) is 0 Å². The molecule has 5 aromatic heterocycles. The maximum Gasteiger partial charge on any atom is 0.251 e. The van der Waals surface area contributed by atoms with Crippen molar-refractivity contribution in [2.45, 2.75) is 79.1 Å². The summed E-state index contributed by atoms with van der Waals surface area (Å²) >= 11 is 12.8. The van der Waals surface area contributed by atoms with Crippen molar-refractivity contribution in [3.63, 3.8) is 0 Å². The monoisotopic (exact) mass is 1680 g/mol. The number of hydrogen-bond donors (Lipinski definition) is 7. The van der Waals surface area contributed by atoms with Gasteiger partial charge in [-0.15, -0.1) is 0 Å². The van der Waals surface area contributed by atoms with Gasteiger partial charge in [-0.3, -0.25) is 24.1 Å². The molecule has 0 bridgehead atoms. The third-order valence-corrected chi connectivity index (χ3v) is 22.8. The fourth-order valence-electron chi connectivity index (χ4n) is 14.9. The number of nitrogen functional groups attached to an aromatic ring is 3. The highest BCUT2D eigenvalue weighted by Crippen LogP contribution is 2.30. The molecule has 0 saturated carbocycles. The van der Waals surface area contributed by atoms with Gasteiger partial charge in [-0.25, -0.2) is 24.5 Å². The van der Waals surface area contributed by atoms with E-state index in [0.29, 0.717) is 87.1 Å². The molecule has 24 heteroatoms. The van der Waals surface area contributed by atoms with Crippen LogP contribution >= 0.6 is 23.2 Å². The van der Waals surface area contributed by atoms with Crippen molar-refractivity contribution in [1.82, 2.24) is 70.4 Å². The predicted octanol–water partition coefficient (Wildman–Crippen LogP) is 13.6. The number of ether oxygens (including phenoxy) is 1. The summed E-state index contributed by atoms with van der Waals surface area (Å²) in [5.74, 6) is 26.5. The third kappa shape index (κ3) is 24.6. The minimum Gasteiger partial charge on any atom is -0.384 e. The van der Waals surface area contributed by atoms with Gasteiger partial charge < -0.3 is 57.9 Å². The number of aryl methyl sites for hydroxylation is 4. The van der Waals surface area contributed by atoms with Crippen LogP contribution in [0, 0.1) is 75.1 Å². The molecule has 0 unspecified atom stereocenters. The maximum absolute atomic E-state index is 12.6. The summed E-state index contributed by atoms with van der Waals surface area (Å²) in [5.41, 5.74) is 31.1. The Hall–Kier alpha value is -12.7. The number of piperidine rings is 2. The van der Waals surface area contributed by atoms with E-state index in [2.05, 4.69) is 113 Å². The van der Waals surface area contributed by atoms with Crippen molar-refractivity contribution in [3.8, 4) is 47.4 Å². The molecule has 7 aromatic carbocycles. The number of carbonyl (C=O) groups excluding carboxylic acids is 4. The molecule has 4 saturated heterocycles. The Bertz CT molecular complexity index is 6090. The van der Waals surface area contributed by atoms with Gasteiger partial charge in [0.15, 0.2) is 5.65 Å². The summed E-state index contributed by atoms with van der Waals surface area (Å²) in [5, 5.41) is 22.9. The van der Waals surface area contributed by atoms with Gasteiger partial charge >= 0.3 is 0 Å². The van der Waals surface area contributed by atoms with Gasteiger partial charge in [0.25, 0.3) is 23.6 Å². The van der Waals surface area contributed by atoms with E-state index in [1.54, 1.807) is 53.7 Å². The van der Waals surface area contributed by atoms with Gasteiger partial charge in [-0.05, 0) is 219 Å². The number of likely N-dealkylation sites (tertiary alicyclic amines) is 3. The lowest BCUT2D eigenvalue weighted by Gasteiger charge is -2.26. The Balaban J connectivity index is 0.000000141. The number of anilines is 3. The molecule has 4 aliphatic heterocycles. The lowest BCUT2D eigenvalue weighted by molar-refractivity contribution is 0.0383. The molecule has 12 aromatic rings. The smallest absolute Gasteiger partial charge is 0.251 e. The second kappa shape index (κ2) is 43.7. The number of nitrogens with two attached hydrogens (primary N) is 3. The van der Waals surface area contributed by atoms with Gasteiger partial charge in [0.1, 0.15) is 23.1 Å². The molecule has 0 atom stereocenters. The molecule has 0 aliphatic carbocycles. The van der Waals surface area contributed by atoms with Crippen molar-refractivity contribution in [2.24, 2.45) is 0 Å². The largest absolute Gasteiger partial charge is 0.384 e. The number of aromatic nitrogens is 6. The predicted molar refractivity (Wildman–Crippen MR) is 493 cm³/mol. The number of morpholine rings is 1. The van der Waals surface area contributed by atoms with Crippen LogP contribution in [0.3, 0.4) is 0 Å². The number of halogens is 2. The van der Waals surface area contributed by atoms with Crippen LogP contribution in [0.2, 0.25) is 10.0 Å². The first-order chi connectivity index (χ1) is 59.8. The highest BCUT2D eigenvalue weighted by Gasteiger charge is 2.19. The van der Waals surface area contributed by atoms with Crippen LogP contribution in [-0.2, 0) is 4.74 Å². The zero-order valence-corrected chi connectivity index (χ0v) is 71.6. The molecule has 0 radical (unpaired) electrons. The number of imidazole rings is 1. The molecule has 4 aliphatic rings. The number of carbonyl (C=O) groups is 4. The Kier molecular flexibility index (Phi) is 31.3. The number of nitrogens with zero attached hydrogens (tertiary/aromatic N) is 10. The van der Waals surface area contributed by atoms with E-state index in [4.69, 9.17) is 45.1 Å². The molecule has 10 N–H and O–H groups in total. The molecule has 0 spiro atoms. The van der Waals surface area contributed by atoms with Crippen molar-refractivity contribution < 1.29 is 23.9 Å². The van der Waals surface area contributed by atoms with Crippen molar-refractivity contribution in [2.75, 3.05) is 135 Å². The first kappa shape index (κ1) is 88.1. The number of hydrogen-bond acceptors (Lipinski definition) is 17. The van der Waals surface area contributed by atoms with Gasteiger partial charge in [-0.1, -0.05) is 138 Å². The lowest BCUT2D eigenvalue weighted by Crippen LogP contribution is -2.41. The van der Waals surface area contributed by atoms with Crippen molar-refractivity contribution in [3.05, 3.63) is 276 Å². The summed E-state index contributed by atoms with van der Waals surface area (Å²) < 4.78 is 7.06. The number of amides is 4. The molecule has 16 rings (SSSR count). The summed E-state index contributed by atoms with van der Waals surface area (Å²) in [6.07, 6.45) is 18.7. The van der Waals surface area contributed by atoms with E-state index in [0.717, 1.165) is 185 Å². The van der Waals surface area contributed by atoms with E-state index in [1.165, 1.54) is 51.4 Å². The normalized spacial score (nSPS) is 14.1. The summed E-state index contributed by atoms with van der Waals surface area (Å²) in [6.45, 7) is 24.1. The van der Waals surface area contributed by atoms with Crippen LogP contribution in [0.4, 0.5) is 17.5 Å². The molecular weight excluding hydrogens is 1580 g/mol. The number of pyridine rings is 3. The van der Waals surface area contributed by atoms with Gasteiger partial charge in [0.2, 0.25) is 0 Å². The quantitative estimate of drug-likeness (QED) is 0.0443. The average molecular weight is 1680 g/mol. The molecule has 9 heterocycles. The minimum atomic E-state index is -0.108. The lowest BCUT2D eigenvalue weighted by atomic mass is 10.0. The molecule has 628 valence electrons. The highest BCUT2D eigenvalue weighted by molar-refractivity contribution is 6.33. The Labute approximate surface area is 729 Å². The number of benzene rings is 7. The second-order valence-corrected chi connectivity index (χ2v) is 31.8. The fourth-order valence-corrected chi connectivity index (χ4v) is 15.4. The van der Waals surface area contributed by atoms with Crippen LogP contribution < -0.4 is 38.5 Å². The third-order valence-electron chi connectivity index (χ3n) is 22.2. The van der Waals surface area contributed by atoms with Gasteiger partial charge in [0.05, 0.1) is 46.1 Å². The first-order valence-corrected chi connectivity index (χ1v) is 42.8. The zero-order valence-electron chi connectivity index (χ0n) is 70.1. The molecule has 4 fully saturated rings. The second-order valence-electron chi connectivity index (χ2n) is 31.0. The van der Waals surface area contributed by atoms with Crippen LogP contribution in [0.25, 0.3) is 38.0 Å². The molecule has 123 heavy (non-hydrogen) atoms. The topological polar surface area (TPSA) is 286 Å². The maximum atomic E-state index is 12.6. The number of nitrogens with one attached hydrogen (secondary N) is 4. The molecule has 4 amide bonds. The first-order valence-electron chi connectivity index (χ1n) is 42.0. The van der Waals surface area contributed by atoms with E-state index in [9.17, 15) is 19.2 Å². The Morgan fingerprint density at radius 3 is 1.20 bits per heavy atom. The fraction of sp³-hybridized carbons (Fsp3) is 0.303. The standard InChI is InChI=1S/C26H28N4O.C25H25ClN4O2.C25H25ClN4O.C23H25N5O/c1-19-9-10-21(26(31)28-13-16-30-14-5-2-6-15-30)17-20(19)11-12-22-18-29-25(27)24-8-4-3-7-23(22)24;1-17-2-3-19(25(31)28-8-9-30-10-12-32-13-11-30)14-18(17)4-6-21-22-15-24(27)29-16-20(22)5-7-23(21)26;1-17-4-5-19(25(31)28-10-13-30-11-2-3-12-30)14-18(17)6-8-21-22-15-24(27)29-16-20(22)7-9-23(21)26;1-18-7-8-20(23(29)24-12-15-27-13-3-2-4-14-27)16-19(18)9-10-21-17-25-22-6-5-11-26-28(21)22/h3-4,7-10,17-18H,2,5-6,13-16H2,1H3,(H2,27,29)(H,28,31);2-3,5,7,14-16H,8-13H2,1H3,(H2,27,29)(H,28,31);4-5,7,9,14-16H,2-3,10-13H2,1H3,(H2,27,29)(H,28,31);5-8,11,16-17H,2-4,12-15H2,1H3,(H,24,29). The van der Waals surface area contributed by atoms with Gasteiger partial charge in [-0.2, -0.15) is 5.10 Å². The average Bonchev–Trinajstić information content (AvgIpc) is 1.46. The Morgan fingerprint density at radius 1 is 0.382 bits per heavy atom. The van der Waals surface area contributed by atoms with Crippen molar-refractivity contribution in [1.29, 1.82) is 0 Å². The number of rotatable bonds is 16. The summed E-state index contributed by atoms with van der Waals surface area (Å²) in [6, 6.07) is 45.0. The van der Waals surface area contributed by atoms with Crippen LogP contribution in [0.15, 0.2) is 177 Å². The van der Waals surface area contributed by atoms with E-state index >= 15 is 0 Å². The Morgan fingerprint density at radius 2 is 0.764 bits per heavy atom. The highest BCUT2D eigenvalue weighted by atomic mass is 35.5. The van der Waals surface area contributed by atoms with Crippen LogP contribution in [0.1, 0.15) is 160 Å². The van der Waals surface area contributed by atoms with Crippen LogP contribution in [-0.4, -0.2) is 191 Å². The van der Waals surface area contributed by atoms with E-state index in [-0.39, 0.29) is 23.6 Å². The van der Waals surface area contributed by atoms with E-state index < -0.39 is 0 Å². The molecular formula is C99H103Cl2N17O5. The summed E-state index contributed by atoms with van der Waals surface area (Å²) in [7, 11) is 0. The minimum absolute atomic E-state index is 0.0541. The van der Waals surface area contributed by atoms with Gasteiger partial charge in [0, 0.05) is 167 Å². The SMILES string of the molecule is Cc1ccc(C(=O)NCCN2CCCC2)cc1C#Cc1c(Cl)ccc2cnc(N)cc12.Cc1ccc(C(=O)NCCN2CCCCC2)cc1C#Cc1cnc(N)c2ccccc12.Cc1ccc(C(=O)NCCN2CCCCC2)cc1C#Cc1cnc2cccnn12.Cc1ccc(C(=O)NCCN2CCOCC2)cc1C#Cc1c(Cl)ccc2cnc(N)cc12. The van der Waals surface area contributed by atoms with E-state index in [1.807, 2.05) is 155 Å². The summed E-state index contributed by atoms with van der Waals surface area (Å²) in [4.78, 5) is 76.8. The molecule has 22 nitrogen and oxygen atoms in total. The van der Waals surface area contributed by atoms with Crippen molar-refractivity contribution >= 4 is 102 Å². The number of fused-ring (bicyclic) bond motifs is 4. The zero-order chi connectivity index (χ0) is 86.0.